The van der Waals surface area contributed by atoms with Crippen LogP contribution in [-0.2, 0) is 9.62 Å². The molecule has 1 aromatic carbocycles. The first-order chi connectivity index (χ1) is 11.3. The summed E-state index contributed by atoms with van der Waals surface area (Å²) in [5.41, 5.74) is 2.20. The second-order valence-corrected chi connectivity index (χ2v) is 8.17. The Morgan fingerprint density at radius 3 is 2.88 bits per heavy atom. The van der Waals surface area contributed by atoms with Gasteiger partial charge in [0, 0.05) is 12.0 Å². The highest BCUT2D eigenvalue weighted by molar-refractivity contribution is 9.10. The molecule has 24 heavy (non-hydrogen) atoms. The van der Waals surface area contributed by atoms with Gasteiger partial charge in [-0.2, -0.15) is 0 Å². The molecule has 2 aromatic rings. The van der Waals surface area contributed by atoms with Crippen molar-refractivity contribution in [2.24, 2.45) is 4.99 Å². The van der Waals surface area contributed by atoms with Gasteiger partial charge in [0.05, 0.1) is 10.2 Å². The molecule has 4 N–H and O–H groups in total. The van der Waals surface area contributed by atoms with E-state index < -0.39 is 15.4 Å². The van der Waals surface area contributed by atoms with Gasteiger partial charge >= 0.3 is 0 Å². The van der Waals surface area contributed by atoms with E-state index in [0.717, 1.165) is 0 Å². The summed E-state index contributed by atoms with van der Waals surface area (Å²) >= 11 is 3.04. The molecule has 0 bridgehead atoms. The number of ether oxygens (including phenoxy) is 1. The minimum atomic E-state index is -2.21. The number of hydroxylamine groups is 1. The number of aliphatic imine (C=N–C) groups is 1. The first kappa shape index (κ1) is 18.3. The summed E-state index contributed by atoms with van der Waals surface area (Å²) in [5.74, 6) is -0.392. The fourth-order valence-electron chi connectivity index (χ4n) is 1.54. The highest BCUT2D eigenvalue weighted by Crippen LogP contribution is 2.23. The fraction of sp³-hybridized carbons (Fsp3) is 0.250. The predicted octanol–water partition coefficient (Wildman–Crippen LogP) is 2.72. The summed E-state index contributed by atoms with van der Waals surface area (Å²) in [7, 11) is -2.21. The number of hydrogen-bond donors (Lipinski definition) is 4. The van der Waals surface area contributed by atoms with E-state index in [1.165, 1.54) is 24.5 Å². The zero-order chi connectivity index (χ0) is 17.7. The van der Waals surface area contributed by atoms with Crippen LogP contribution in [0.1, 0.15) is 5.69 Å². The topological polar surface area (TPSA) is 140 Å². The van der Waals surface area contributed by atoms with Gasteiger partial charge in [-0.05, 0) is 44.4 Å². The molecule has 12 heteroatoms. The van der Waals surface area contributed by atoms with Crippen LogP contribution < -0.4 is 10.2 Å². The van der Waals surface area contributed by atoms with Crippen molar-refractivity contribution in [3.05, 3.63) is 34.2 Å². The molecule has 0 spiro atoms. The zero-order valence-corrected chi connectivity index (χ0v) is 14.8. The minimum Gasteiger partial charge on any atom is -0.473 e. The first-order valence-corrected chi connectivity index (χ1v) is 9.45. The molecule has 1 heterocycles. The molecule has 130 valence electrons. The third kappa shape index (κ3) is 4.97. The number of nitrogens with one attached hydrogen (secondary N) is 3. The zero-order valence-electron chi connectivity index (χ0n) is 12.4. The lowest BCUT2D eigenvalue weighted by Gasteiger charge is -2.06. The molecule has 0 amide bonds. The summed E-state index contributed by atoms with van der Waals surface area (Å²) in [5, 5.41) is 16.4. The SMILES string of the molecule is CS(=N)(=N)CCOc1nonc1C(=Nc1ccc(F)c(Br)c1)NO. The Kier molecular flexibility index (Phi) is 5.85. The van der Waals surface area contributed by atoms with Crippen LogP contribution in [0.3, 0.4) is 0 Å². The summed E-state index contributed by atoms with van der Waals surface area (Å²) in [6, 6.07) is 4.03. The van der Waals surface area contributed by atoms with E-state index in [-0.39, 0.29) is 34.2 Å². The monoisotopic (exact) mass is 420 g/mol. The number of aromatic nitrogens is 2. The van der Waals surface area contributed by atoms with Crippen LogP contribution in [0.25, 0.3) is 0 Å². The van der Waals surface area contributed by atoms with E-state index in [1.807, 2.05) is 5.48 Å². The summed E-state index contributed by atoms with van der Waals surface area (Å²) in [6.07, 6.45) is 1.51. The van der Waals surface area contributed by atoms with Crippen LogP contribution in [-0.4, -0.2) is 40.0 Å². The van der Waals surface area contributed by atoms with E-state index in [9.17, 15) is 9.60 Å². The van der Waals surface area contributed by atoms with E-state index >= 15 is 0 Å². The van der Waals surface area contributed by atoms with Gasteiger partial charge in [-0.25, -0.2) is 14.0 Å². The van der Waals surface area contributed by atoms with Crippen molar-refractivity contribution in [3.63, 3.8) is 0 Å². The highest BCUT2D eigenvalue weighted by Gasteiger charge is 2.18. The number of amidine groups is 1. The molecule has 0 aliphatic rings. The van der Waals surface area contributed by atoms with Gasteiger partial charge in [-0.15, -0.1) is 0 Å². The molecule has 0 unspecified atom stereocenters. The van der Waals surface area contributed by atoms with E-state index in [0.29, 0.717) is 5.69 Å². The first-order valence-electron chi connectivity index (χ1n) is 6.45. The average Bonchev–Trinajstić information content (AvgIpc) is 2.95. The Hall–Kier alpha value is -2.05. The Morgan fingerprint density at radius 1 is 1.50 bits per heavy atom. The molecule has 0 aliphatic heterocycles. The molecule has 0 fully saturated rings. The molecular weight excluding hydrogens is 407 g/mol. The van der Waals surface area contributed by atoms with Gasteiger partial charge in [0.25, 0.3) is 5.88 Å². The third-order valence-electron chi connectivity index (χ3n) is 2.66. The molecule has 0 saturated carbocycles. The van der Waals surface area contributed by atoms with E-state index in [2.05, 4.69) is 35.9 Å². The van der Waals surface area contributed by atoms with Crippen molar-refractivity contribution in [2.75, 3.05) is 18.6 Å². The molecule has 0 saturated heterocycles. The maximum atomic E-state index is 13.2. The van der Waals surface area contributed by atoms with Crippen LogP contribution in [0.4, 0.5) is 10.1 Å². The van der Waals surface area contributed by atoms with E-state index in [1.54, 1.807) is 0 Å². The number of hydrogen-bond acceptors (Lipinski definition) is 8. The van der Waals surface area contributed by atoms with Crippen LogP contribution in [0, 0.1) is 15.4 Å². The maximum Gasteiger partial charge on any atom is 0.287 e. The third-order valence-corrected chi connectivity index (χ3v) is 4.25. The second kappa shape index (κ2) is 7.68. The Balaban J connectivity index is 2.23. The molecular formula is C12H14BrFN6O3S. The lowest BCUT2D eigenvalue weighted by atomic mass is 10.3. The predicted molar refractivity (Wildman–Crippen MR) is 88.6 cm³/mol. The highest BCUT2D eigenvalue weighted by atomic mass is 79.9. The van der Waals surface area contributed by atoms with Crippen molar-refractivity contribution < 1.29 is 19.0 Å². The average molecular weight is 421 g/mol. The van der Waals surface area contributed by atoms with Gasteiger partial charge < -0.3 is 4.74 Å². The Labute approximate surface area is 145 Å². The van der Waals surface area contributed by atoms with Crippen LogP contribution in [0.5, 0.6) is 5.88 Å². The van der Waals surface area contributed by atoms with Gasteiger partial charge in [0.15, 0.2) is 5.84 Å². The lowest BCUT2D eigenvalue weighted by molar-refractivity contribution is 0.233. The van der Waals surface area contributed by atoms with Gasteiger partial charge in [0.2, 0.25) is 5.69 Å². The largest absolute Gasteiger partial charge is 0.473 e. The number of halogens is 2. The molecule has 2 rings (SSSR count). The number of nitrogens with zero attached hydrogens (tertiary/aromatic N) is 3. The Morgan fingerprint density at radius 2 is 2.25 bits per heavy atom. The van der Waals surface area contributed by atoms with Crippen molar-refractivity contribution in [2.45, 2.75) is 0 Å². The smallest absolute Gasteiger partial charge is 0.287 e. The van der Waals surface area contributed by atoms with Crippen molar-refractivity contribution in [1.82, 2.24) is 15.8 Å². The van der Waals surface area contributed by atoms with Crippen LogP contribution in [0.15, 0.2) is 32.3 Å². The van der Waals surface area contributed by atoms with Gasteiger partial charge in [0.1, 0.15) is 12.4 Å². The molecule has 0 aliphatic carbocycles. The minimum absolute atomic E-state index is 0.00427. The number of rotatable bonds is 6. The number of benzene rings is 1. The Bertz CT molecular complexity index is 854. The van der Waals surface area contributed by atoms with Crippen LogP contribution >= 0.6 is 15.9 Å². The van der Waals surface area contributed by atoms with Crippen LogP contribution in [0.2, 0.25) is 0 Å². The second-order valence-electron chi connectivity index (χ2n) is 4.73. The van der Waals surface area contributed by atoms with Gasteiger partial charge in [-0.3, -0.25) is 20.2 Å². The standard InChI is InChI=1S/C12H14BrFN6O3S/c1-24(15,16)5-4-22-12-10(19-23-20-12)11(18-21)17-7-2-3-9(14)8(13)6-7/h2-3,6,15-16,21H,4-5H2,1H3,(H,17,18). The molecule has 9 nitrogen and oxygen atoms in total. The normalized spacial score (nSPS) is 12.2. The molecule has 0 radical (unpaired) electrons. The van der Waals surface area contributed by atoms with Crippen molar-refractivity contribution in [1.29, 1.82) is 9.56 Å². The van der Waals surface area contributed by atoms with Crippen molar-refractivity contribution in [3.8, 4) is 5.88 Å². The fourth-order valence-corrected chi connectivity index (χ4v) is 2.32. The summed E-state index contributed by atoms with van der Waals surface area (Å²) < 4.78 is 38.4. The summed E-state index contributed by atoms with van der Waals surface area (Å²) in [6.45, 7) is 0.0703. The quantitative estimate of drug-likeness (QED) is 0.321. The van der Waals surface area contributed by atoms with Crippen molar-refractivity contribution >= 4 is 37.1 Å². The maximum absolute atomic E-state index is 13.2. The van der Waals surface area contributed by atoms with Gasteiger partial charge in [-0.1, -0.05) is 9.62 Å². The van der Waals surface area contributed by atoms with E-state index in [4.69, 9.17) is 14.3 Å². The summed E-state index contributed by atoms with van der Waals surface area (Å²) in [4.78, 5) is 4.09. The molecule has 1 aromatic heterocycles. The lowest BCUT2D eigenvalue weighted by Crippen LogP contribution is -2.22. The molecule has 0 atom stereocenters.